The topological polar surface area (TPSA) is 26.3 Å². The van der Waals surface area contributed by atoms with Crippen molar-refractivity contribution in [2.45, 2.75) is 34.1 Å². The third-order valence-electron chi connectivity index (χ3n) is 4.27. The predicted molar refractivity (Wildman–Crippen MR) is 86.2 cm³/mol. The van der Waals surface area contributed by atoms with Gasteiger partial charge in [0.2, 0.25) is 0 Å². The molecule has 0 aliphatic heterocycles. The Bertz CT molecular complexity index is 730. The molecule has 1 aromatic carbocycles. The molecule has 1 aromatic rings. The van der Waals surface area contributed by atoms with Crippen LogP contribution in [0.15, 0.2) is 29.4 Å². The van der Waals surface area contributed by atoms with Crippen molar-refractivity contribution < 1.29 is 9.53 Å². The van der Waals surface area contributed by atoms with E-state index in [0.29, 0.717) is 12.2 Å². The van der Waals surface area contributed by atoms with Gasteiger partial charge in [0.15, 0.2) is 0 Å². The number of ether oxygens (including phenoxy) is 1. The Morgan fingerprint density at radius 3 is 2.71 bits per heavy atom. The molecule has 108 valence electrons. The third kappa shape index (κ3) is 2.15. The van der Waals surface area contributed by atoms with E-state index in [2.05, 4.69) is 32.1 Å². The predicted octanol–water partition coefficient (Wildman–Crippen LogP) is 4.47. The first-order valence-electron chi connectivity index (χ1n) is 7.44. The summed E-state index contributed by atoms with van der Waals surface area (Å²) in [6.07, 6.45) is 7.54. The highest BCUT2D eigenvalue weighted by molar-refractivity contribution is 5.97. The molecule has 0 bridgehead atoms. The van der Waals surface area contributed by atoms with Crippen molar-refractivity contribution in [2.75, 3.05) is 6.61 Å². The lowest BCUT2D eigenvalue weighted by Crippen LogP contribution is -2.10. The van der Waals surface area contributed by atoms with E-state index in [0.717, 1.165) is 17.5 Å². The minimum Gasteiger partial charge on any atom is -0.462 e. The summed E-state index contributed by atoms with van der Waals surface area (Å²) in [6.45, 7) is 8.53. The van der Waals surface area contributed by atoms with Gasteiger partial charge in [0.25, 0.3) is 0 Å². The number of rotatable bonds is 2. The van der Waals surface area contributed by atoms with E-state index in [1.807, 2.05) is 19.9 Å². The van der Waals surface area contributed by atoms with E-state index in [9.17, 15) is 4.79 Å². The fraction of sp³-hybridized carbons (Fsp3) is 0.316. The molecule has 0 saturated carbocycles. The zero-order chi connectivity index (χ0) is 15.1. The van der Waals surface area contributed by atoms with Crippen LogP contribution in [0.1, 0.15) is 53.4 Å². The van der Waals surface area contributed by atoms with Crippen LogP contribution in [0, 0.1) is 6.92 Å². The highest BCUT2D eigenvalue weighted by Crippen LogP contribution is 2.41. The van der Waals surface area contributed by atoms with Crippen molar-refractivity contribution in [1.29, 1.82) is 0 Å². The first kappa shape index (κ1) is 13.9. The van der Waals surface area contributed by atoms with Crippen molar-refractivity contribution in [3.63, 3.8) is 0 Å². The molecule has 2 aliphatic rings. The van der Waals surface area contributed by atoms with Crippen LogP contribution in [-0.2, 0) is 11.2 Å². The first-order valence-corrected chi connectivity index (χ1v) is 7.44. The Morgan fingerprint density at radius 1 is 1.24 bits per heavy atom. The minimum absolute atomic E-state index is 0.220. The van der Waals surface area contributed by atoms with Crippen LogP contribution in [0.2, 0.25) is 0 Å². The molecule has 3 rings (SSSR count). The molecule has 2 nitrogen and oxygen atoms in total. The van der Waals surface area contributed by atoms with Crippen LogP contribution in [0.25, 0.3) is 11.6 Å². The first-order chi connectivity index (χ1) is 10.0. The largest absolute Gasteiger partial charge is 0.462 e. The van der Waals surface area contributed by atoms with Gasteiger partial charge in [0.05, 0.1) is 12.2 Å². The van der Waals surface area contributed by atoms with E-state index in [1.165, 1.54) is 27.8 Å². The minimum atomic E-state index is -0.220. The lowest BCUT2D eigenvalue weighted by Gasteiger charge is -2.15. The summed E-state index contributed by atoms with van der Waals surface area (Å²) in [6, 6.07) is 1.99. The SMILES string of the molecule is CCOC(=O)c1cc2c3c(c1C)CC=C3C(C)=CC(C)=C2. The van der Waals surface area contributed by atoms with E-state index in [-0.39, 0.29) is 5.97 Å². The molecule has 21 heavy (non-hydrogen) atoms. The Morgan fingerprint density at radius 2 is 2.00 bits per heavy atom. The molecule has 0 unspecified atom stereocenters. The van der Waals surface area contributed by atoms with Gasteiger partial charge in [-0.05, 0) is 73.6 Å². The van der Waals surface area contributed by atoms with Gasteiger partial charge in [-0.3, -0.25) is 0 Å². The quantitative estimate of drug-likeness (QED) is 0.747. The lowest BCUT2D eigenvalue weighted by molar-refractivity contribution is 0.0525. The van der Waals surface area contributed by atoms with Gasteiger partial charge >= 0.3 is 5.97 Å². The summed E-state index contributed by atoms with van der Waals surface area (Å²) >= 11 is 0. The normalized spacial score (nSPS) is 15.7. The van der Waals surface area contributed by atoms with Crippen molar-refractivity contribution in [3.05, 3.63) is 57.2 Å². The second-order valence-corrected chi connectivity index (χ2v) is 5.75. The summed E-state index contributed by atoms with van der Waals surface area (Å²) in [5, 5.41) is 0. The zero-order valence-electron chi connectivity index (χ0n) is 13.0. The van der Waals surface area contributed by atoms with Gasteiger partial charge in [-0.1, -0.05) is 23.8 Å². The van der Waals surface area contributed by atoms with Crippen molar-refractivity contribution >= 4 is 17.6 Å². The second kappa shape index (κ2) is 5.03. The summed E-state index contributed by atoms with van der Waals surface area (Å²) in [5.41, 5.74) is 9.27. The molecule has 0 radical (unpaired) electrons. The summed E-state index contributed by atoms with van der Waals surface area (Å²) in [5.74, 6) is -0.220. The Labute approximate surface area is 125 Å². The van der Waals surface area contributed by atoms with Crippen LogP contribution < -0.4 is 0 Å². The summed E-state index contributed by atoms with van der Waals surface area (Å²) in [4.78, 5) is 12.2. The van der Waals surface area contributed by atoms with Crippen molar-refractivity contribution in [1.82, 2.24) is 0 Å². The fourth-order valence-corrected chi connectivity index (χ4v) is 3.34. The number of hydrogen-bond donors (Lipinski definition) is 0. The van der Waals surface area contributed by atoms with Crippen LogP contribution >= 0.6 is 0 Å². The molecule has 2 aliphatic carbocycles. The highest BCUT2D eigenvalue weighted by atomic mass is 16.5. The molecule has 0 saturated heterocycles. The van der Waals surface area contributed by atoms with E-state index in [4.69, 9.17) is 4.74 Å². The van der Waals surface area contributed by atoms with E-state index < -0.39 is 0 Å². The number of allylic oxidation sites excluding steroid dienone is 5. The van der Waals surface area contributed by atoms with Gasteiger partial charge in [-0.15, -0.1) is 0 Å². The van der Waals surface area contributed by atoms with Gasteiger partial charge in [0.1, 0.15) is 0 Å². The monoisotopic (exact) mass is 280 g/mol. The Kier molecular flexibility index (Phi) is 3.32. The second-order valence-electron chi connectivity index (χ2n) is 5.75. The average molecular weight is 280 g/mol. The molecule has 0 fully saturated rings. The number of esters is 1. The van der Waals surface area contributed by atoms with Gasteiger partial charge in [-0.25, -0.2) is 4.79 Å². The number of benzene rings is 1. The number of carbonyl (C=O) groups is 1. The van der Waals surface area contributed by atoms with Crippen LogP contribution in [0.4, 0.5) is 0 Å². The molecule has 0 spiro atoms. The molecular weight excluding hydrogens is 260 g/mol. The standard InChI is InChI=1S/C19H20O2/c1-5-21-19(20)17-10-14-9-11(2)8-12(3)15-6-7-16(13(17)4)18(14)15/h6,8-10H,5,7H2,1-4H3. The molecular formula is C19H20O2. The van der Waals surface area contributed by atoms with Gasteiger partial charge < -0.3 is 4.74 Å². The van der Waals surface area contributed by atoms with Crippen molar-refractivity contribution in [3.8, 4) is 0 Å². The molecule has 0 amide bonds. The molecule has 0 atom stereocenters. The van der Waals surface area contributed by atoms with Gasteiger partial charge in [-0.2, -0.15) is 0 Å². The zero-order valence-corrected chi connectivity index (χ0v) is 13.0. The van der Waals surface area contributed by atoms with Crippen molar-refractivity contribution in [2.24, 2.45) is 0 Å². The maximum Gasteiger partial charge on any atom is 0.338 e. The molecule has 0 aromatic heterocycles. The van der Waals surface area contributed by atoms with Crippen LogP contribution in [0.3, 0.4) is 0 Å². The van der Waals surface area contributed by atoms with Crippen LogP contribution in [0.5, 0.6) is 0 Å². The summed E-state index contributed by atoms with van der Waals surface area (Å²) in [7, 11) is 0. The summed E-state index contributed by atoms with van der Waals surface area (Å²) < 4.78 is 5.20. The highest BCUT2D eigenvalue weighted by Gasteiger charge is 2.25. The maximum absolute atomic E-state index is 12.2. The Balaban J connectivity index is 2.24. The average Bonchev–Trinajstić information content (AvgIpc) is 2.82. The Hall–Kier alpha value is -2.09. The van der Waals surface area contributed by atoms with Gasteiger partial charge in [0, 0.05) is 0 Å². The maximum atomic E-state index is 12.2. The molecule has 0 heterocycles. The molecule has 0 N–H and O–H groups in total. The van der Waals surface area contributed by atoms with E-state index >= 15 is 0 Å². The van der Waals surface area contributed by atoms with Crippen LogP contribution in [-0.4, -0.2) is 12.6 Å². The fourth-order valence-electron chi connectivity index (χ4n) is 3.34. The smallest absolute Gasteiger partial charge is 0.338 e. The molecule has 2 heteroatoms. The third-order valence-corrected chi connectivity index (χ3v) is 4.27. The van der Waals surface area contributed by atoms with E-state index in [1.54, 1.807) is 0 Å². The lowest BCUT2D eigenvalue weighted by atomic mass is 9.90. The number of carbonyl (C=O) groups excluding carboxylic acids is 1. The number of hydrogen-bond acceptors (Lipinski definition) is 2.